The molecule has 0 saturated carbocycles. The van der Waals surface area contributed by atoms with Crippen LogP contribution in [0.1, 0.15) is 17.5 Å². The lowest BCUT2D eigenvalue weighted by atomic mass is 10.0. The lowest BCUT2D eigenvalue weighted by Crippen LogP contribution is -2.36. The van der Waals surface area contributed by atoms with E-state index in [0.29, 0.717) is 12.3 Å². The van der Waals surface area contributed by atoms with Crippen LogP contribution in [-0.4, -0.2) is 73.6 Å². The van der Waals surface area contributed by atoms with Crippen LogP contribution in [0.25, 0.3) is 0 Å². The van der Waals surface area contributed by atoms with Crippen LogP contribution < -0.4 is 9.47 Å². The zero-order valence-corrected chi connectivity index (χ0v) is 18.7. The first-order chi connectivity index (χ1) is 15.3. The number of rotatable bonds is 13. The highest BCUT2D eigenvalue weighted by molar-refractivity contribution is 5.80. The summed E-state index contributed by atoms with van der Waals surface area (Å²) in [7, 11) is 5.30. The van der Waals surface area contributed by atoms with Gasteiger partial charge in [-0.15, -0.1) is 0 Å². The van der Waals surface area contributed by atoms with E-state index in [1.165, 1.54) is 0 Å². The molecule has 2 N–H and O–H groups in total. The molecule has 0 radical (unpaired) electrons. The number of likely N-dealkylation sites (N-methyl/N-ethyl adjacent to an activating group) is 1. The lowest BCUT2D eigenvalue weighted by molar-refractivity contribution is -0.160. The largest absolute Gasteiger partial charge is 0.497 e. The summed E-state index contributed by atoms with van der Waals surface area (Å²) in [6.45, 7) is 0.490. The predicted octanol–water partition coefficient (Wildman–Crippen LogP) is 2.17. The number of carboxylic acid groups (broad SMARTS) is 1. The Labute approximate surface area is 188 Å². The van der Waals surface area contributed by atoms with E-state index in [-0.39, 0.29) is 6.61 Å². The number of para-hydroxylation sites is 1. The molecule has 0 aliphatic heterocycles. The van der Waals surface area contributed by atoms with Gasteiger partial charge in [-0.25, -0.2) is 4.79 Å². The average Bonchev–Trinajstić information content (AvgIpc) is 2.76. The number of aliphatic hydroxyl groups excluding tert-OH is 1. The minimum atomic E-state index is -1.79. The molecule has 0 bridgehead atoms. The first-order valence-electron chi connectivity index (χ1n) is 10.4. The number of carboxylic acids is 1. The normalized spacial score (nSPS) is 12.8. The van der Waals surface area contributed by atoms with Crippen molar-refractivity contribution in [1.82, 2.24) is 4.90 Å². The highest BCUT2D eigenvalue weighted by Gasteiger charge is 2.23. The third-order valence-corrected chi connectivity index (χ3v) is 4.73. The second-order valence-corrected chi connectivity index (χ2v) is 7.70. The number of aliphatic carboxylic acids is 1. The van der Waals surface area contributed by atoms with E-state index in [9.17, 15) is 14.7 Å². The Bertz CT molecular complexity index is 884. The maximum atomic E-state index is 12.0. The molecule has 0 heterocycles. The van der Waals surface area contributed by atoms with Crippen molar-refractivity contribution in [3.63, 3.8) is 0 Å². The average molecular weight is 446 g/mol. The summed E-state index contributed by atoms with van der Waals surface area (Å²) >= 11 is 0. The quantitative estimate of drug-likeness (QED) is 0.452. The molecule has 32 heavy (non-hydrogen) atoms. The Morgan fingerprint density at radius 1 is 1.06 bits per heavy atom. The van der Waals surface area contributed by atoms with Crippen LogP contribution in [0.2, 0.25) is 0 Å². The molecule has 0 amide bonds. The monoisotopic (exact) mass is 445 g/mol. The Balaban J connectivity index is 1.99. The summed E-state index contributed by atoms with van der Waals surface area (Å²) in [6, 6.07) is 15.6. The van der Waals surface area contributed by atoms with Crippen molar-refractivity contribution < 1.29 is 34.0 Å². The number of aliphatic hydroxyl groups is 1. The first-order valence-corrected chi connectivity index (χ1v) is 10.4. The molecular weight excluding hydrogens is 414 g/mol. The Kier molecular flexibility index (Phi) is 9.97. The molecule has 0 saturated heterocycles. The zero-order valence-electron chi connectivity index (χ0n) is 18.7. The van der Waals surface area contributed by atoms with Crippen molar-refractivity contribution in [1.29, 1.82) is 0 Å². The van der Waals surface area contributed by atoms with Gasteiger partial charge in [0.25, 0.3) is 0 Å². The highest BCUT2D eigenvalue weighted by Crippen LogP contribution is 2.22. The van der Waals surface area contributed by atoms with Crippen LogP contribution in [0.15, 0.2) is 48.5 Å². The van der Waals surface area contributed by atoms with Gasteiger partial charge in [-0.05, 0) is 56.3 Å². The van der Waals surface area contributed by atoms with Crippen LogP contribution in [-0.2, 0) is 27.2 Å². The number of carbonyl (C=O) groups excluding carboxylic acids is 1. The summed E-state index contributed by atoms with van der Waals surface area (Å²) in [5.41, 5.74) is 2.17. The van der Waals surface area contributed by atoms with Gasteiger partial charge < -0.3 is 29.3 Å². The topological polar surface area (TPSA) is 106 Å². The number of esters is 1. The molecule has 2 aromatic rings. The molecule has 2 aromatic carbocycles. The molecule has 8 nitrogen and oxygen atoms in total. The molecular formula is C24H31NO7. The second kappa shape index (κ2) is 12.7. The summed E-state index contributed by atoms with van der Waals surface area (Å²) in [5, 5.41) is 18.1. The van der Waals surface area contributed by atoms with E-state index in [4.69, 9.17) is 19.3 Å². The Morgan fingerprint density at radius 2 is 1.81 bits per heavy atom. The minimum Gasteiger partial charge on any atom is -0.497 e. The molecule has 0 aliphatic carbocycles. The highest BCUT2D eigenvalue weighted by atomic mass is 16.6. The second-order valence-electron chi connectivity index (χ2n) is 7.70. The number of ether oxygens (including phenoxy) is 3. The maximum Gasteiger partial charge on any atom is 0.333 e. The third kappa shape index (κ3) is 8.56. The molecule has 0 spiro atoms. The minimum absolute atomic E-state index is 0.100. The van der Waals surface area contributed by atoms with Gasteiger partial charge in [0.2, 0.25) is 0 Å². The van der Waals surface area contributed by atoms with Crippen LogP contribution in [0.3, 0.4) is 0 Å². The molecule has 2 atom stereocenters. The number of methoxy groups -OCH3 is 1. The summed E-state index contributed by atoms with van der Waals surface area (Å²) < 4.78 is 16.6. The lowest BCUT2D eigenvalue weighted by Gasteiger charge is -2.23. The van der Waals surface area contributed by atoms with Crippen molar-refractivity contribution in [2.75, 3.05) is 34.4 Å². The van der Waals surface area contributed by atoms with Gasteiger partial charge >= 0.3 is 11.9 Å². The van der Waals surface area contributed by atoms with Crippen molar-refractivity contribution in [2.24, 2.45) is 0 Å². The van der Waals surface area contributed by atoms with Crippen molar-refractivity contribution in [2.45, 2.75) is 31.5 Å². The van der Waals surface area contributed by atoms with E-state index < -0.39 is 30.6 Å². The van der Waals surface area contributed by atoms with E-state index >= 15 is 0 Å². The SMILES string of the molecule is COc1cccc(CCc2ccccc2OC[C@H](CN(C)C)OC(=O)C[C@H](O)C(=O)O)c1. The van der Waals surface area contributed by atoms with Crippen molar-refractivity contribution >= 4 is 11.9 Å². The fourth-order valence-corrected chi connectivity index (χ4v) is 3.15. The van der Waals surface area contributed by atoms with Gasteiger partial charge in [-0.1, -0.05) is 30.3 Å². The Morgan fingerprint density at radius 3 is 2.50 bits per heavy atom. The van der Waals surface area contributed by atoms with E-state index in [1.54, 1.807) is 7.11 Å². The van der Waals surface area contributed by atoms with Gasteiger partial charge in [0.1, 0.15) is 24.2 Å². The third-order valence-electron chi connectivity index (χ3n) is 4.73. The molecule has 0 aliphatic rings. The maximum absolute atomic E-state index is 12.0. The van der Waals surface area contributed by atoms with Crippen LogP contribution in [0.5, 0.6) is 11.5 Å². The zero-order chi connectivity index (χ0) is 23.5. The van der Waals surface area contributed by atoms with Crippen molar-refractivity contribution in [3.8, 4) is 11.5 Å². The van der Waals surface area contributed by atoms with Gasteiger partial charge in [0, 0.05) is 6.54 Å². The summed E-state index contributed by atoms with van der Waals surface area (Å²) in [6.07, 6.45) is -1.46. The number of hydrogen-bond donors (Lipinski definition) is 2. The first kappa shape index (κ1) is 25.2. The Hall–Kier alpha value is -3.10. The molecule has 174 valence electrons. The fraction of sp³-hybridized carbons (Fsp3) is 0.417. The summed E-state index contributed by atoms with van der Waals surface area (Å²) in [4.78, 5) is 24.6. The van der Waals surface area contributed by atoms with Gasteiger partial charge in [-0.3, -0.25) is 4.79 Å². The van der Waals surface area contributed by atoms with E-state index in [1.807, 2.05) is 67.5 Å². The molecule has 0 fully saturated rings. The standard InChI is InChI=1S/C24H31NO7/c1-25(2)15-20(32-23(27)14-21(26)24(28)29)16-31-22-10-5-4-8-18(22)12-11-17-7-6-9-19(13-17)30-3/h4-10,13,20-21,26H,11-12,14-16H2,1-3H3,(H,28,29)/t20-,21-/m0/s1. The predicted molar refractivity (Wildman–Crippen MR) is 119 cm³/mol. The van der Waals surface area contributed by atoms with Gasteiger partial charge in [0.05, 0.1) is 13.5 Å². The fourth-order valence-electron chi connectivity index (χ4n) is 3.15. The number of carbonyl (C=O) groups is 2. The molecule has 8 heteroatoms. The number of aryl methyl sites for hydroxylation is 2. The summed E-state index contributed by atoms with van der Waals surface area (Å²) in [5.74, 6) is -0.747. The van der Waals surface area contributed by atoms with Gasteiger partial charge in [0.15, 0.2) is 6.10 Å². The molecule has 0 unspecified atom stereocenters. The van der Waals surface area contributed by atoms with E-state index in [0.717, 1.165) is 29.7 Å². The van der Waals surface area contributed by atoms with Gasteiger partial charge in [-0.2, -0.15) is 0 Å². The van der Waals surface area contributed by atoms with Crippen LogP contribution in [0, 0.1) is 0 Å². The molecule has 2 rings (SSSR count). The van der Waals surface area contributed by atoms with Crippen LogP contribution >= 0.6 is 0 Å². The number of hydrogen-bond acceptors (Lipinski definition) is 7. The van der Waals surface area contributed by atoms with Crippen molar-refractivity contribution in [3.05, 3.63) is 59.7 Å². The van der Waals surface area contributed by atoms with Crippen LogP contribution in [0.4, 0.5) is 0 Å². The van der Waals surface area contributed by atoms with E-state index in [2.05, 4.69) is 0 Å². The number of nitrogens with zero attached hydrogens (tertiary/aromatic N) is 1. The molecule has 0 aromatic heterocycles. The smallest absolute Gasteiger partial charge is 0.333 e. The number of benzene rings is 2.